The third-order valence-electron chi connectivity index (χ3n) is 6.28. The van der Waals surface area contributed by atoms with Gasteiger partial charge in [-0.15, -0.1) is 0 Å². The van der Waals surface area contributed by atoms with Gasteiger partial charge in [0.1, 0.15) is 0 Å². The number of nitrogens with one attached hydrogen (secondary N) is 2. The number of amides is 2. The van der Waals surface area contributed by atoms with Crippen molar-refractivity contribution in [1.82, 2.24) is 24.6 Å². The number of para-hydroxylation sites is 1. The van der Waals surface area contributed by atoms with Crippen molar-refractivity contribution < 1.29 is 9.59 Å². The zero-order valence-electron chi connectivity index (χ0n) is 19.5. The molecule has 2 amide bonds. The van der Waals surface area contributed by atoms with Gasteiger partial charge >= 0.3 is 0 Å². The molecule has 35 heavy (non-hydrogen) atoms. The van der Waals surface area contributed by atoms with E-state index in [9.17, 15) is 9.59 Å². The molecule has 0 atom stereocenters. The first-order valence-corrected chi connectivity index (χ1v) is 12.0. The number of aromatic amines is 1. The zero-order chi connectivity index (χ0) is 24.0. The van der Waals surface area contributed by atoms with Crippen LogP contribution in [0, 0.1) is 0 Å². The molecule has 0 radical (unpaired) electrons. The maximum atomic E-state index is 13.2. The van der Waals surface area contributed by atoms with Crippen molar-refractivity contribution in [2.75, 3.05) is 18.4 Å². The number of H-pyrrole nitrogens is 1. The van der Waals surface area contributed by atoms with Gasteiger partial charge in [0, 0.05) is 55.1 Å². The van der Waals surface area contributed by atoms with Gasteiger partial charge in [0.2, 0.25) is 11.9 Å². The first kappa shape index (κ1) is 22.6. The molecule has 2 aromatic heterocycles. The van der Waals surface area contributed by atoms with Crippen LogP contribution >= 0.6 is 0 Å². The smallest absolute Gasteiger partial charge is 0.258 e. The molecule has 1 saturated heterocycles. The van der Waals surface area contributed by atoms with Gasteiger partial charge in [0.25, 0.3) is 5.91 Å². The summed E-state index contributed by atoms with van der Waals surface area (Å²) < 4.78 is 1.86. The molecule has 1 aliphatic heterocycles. The molecule has 2 aromatic carbocycles. The second-order valence-electron chi connectivity index (χ2n) is 8.72. The van der Waals surface area contributed by atoms with Gasteiger partial charge in [-0.1, -0.05) is 30.3 Å². The Labute approximate surface area is 204 Å². The van der Waals surface area contributed by atoms with Crippen LogP contribution in [-0.2, 0) is 11.2 Å². The Kier molecular flexibility index (Phi) is 6.70. The van der Waals surface area contributed by atoms with Crippen LogP contribution in [0.4, 0.5) is 5.95 Å². The van der Waals surface area contributed by atoms with Crippen LogP contribution in [0.5, 0.6) is 0 Å². The molecule has 3 heterocycles. The Balaban J connectivity index is 1.35. The minimum atomic E-state index is -0.255. The topological polar surface area (TPSA) is 95.9 Å². The summed E-state index contributed by atoms with van der Waals surface area (Å²) in [6.45, 7) is 1.69. The van der Waals surface area contributed by atoms with Crippen molar-refractivity contribution in [3.63, 3.8) is 0 Å². The normalized spacial score (nSPS) is 13.5. The maximum absolute atomic E-state index is 13.2. The summed E-state index contributed by atoms with van der Waals surface area (Å²) in [6, 6.07) is 17.1. The average Bonchev–Trinajstić information content (AvgIpc) is 3.59. The van der Waals surface area contributed by atoms with E-state index in [0.717, 1.165) is 48.4 Å². The van der Waals surface area contributed by atoms with Gasteiger partial charge in [-0.2, -0.15) is 5.10 Å². The zero-order valence-corrected chi connectivity index (χ0v) is 19.5. The first-order valence-electron chi connectivity index (χ1n) is 12.0. The van der Waals surface area contributed by atoms with E-state index in [4.69, 9.17) is 0 Å². The van der Waals surface area contributed by atoms with E-state index in [0.29, 0.717) is 24.4 Å². The molecule has 1 fully saturated rings. The summed E-state index contributed by atoms with van der Waals surface area (Å²) in [5.74, 6) is 0.338. The average molecular weight is 469 g/mol. The van der Waals surface area contributed by atoms with Crippen LogP contribution in [0.2, 0.25) is 0 Å². The molecule has 5 rings (SSSR count). The fourth-order valence-electron chi connectivity index (χ4n) is 4.38. The quantitative estimate of drug-likeness (QED) is 0.419. The lowest BCUT2D eigenvalue weighted by Crippen LogP contribution is -2.35. The molecule has 178 valence electrons. The highest BCUT2D eigenvalue weighted by molar-refractivity contribution is 6.04. The highest BCUT2D eigenvalue weighted by Gasteiger charge is 2.19. The van der Waals surface area contributed by atoms with E-state index in [1.54, 1.807) is 18.5 Å². The van der Waals surface area contributed by atoms with Gasteiger partial charge in [-0.25, -0.2) is 4.98 Å². The number of hydrogen-bond acceptors (Lipinski definition) is 4. The van der Waals surface area contributed by atoms with Gasteiger partial charge in [-0.3, -0.25) is 24.6 Å². The molecule has 2 N–H and O–H groups in total. The van der Waals surface area contributed by atoms with Gasteiger partial charge < -0.3 is 4.90 Å². The summed E-state index contributed by atoms with van der Waals surface area (Å²) >= 11 is 0. The summed E-state index contributed by atoms with van der Waals surface area (Å²) in [4.78, 5) is 32.4. The number of carbonyl (C=O) groups excluding carboxylic acids is 2. The first-order chi connectivity index (χ1) is 17.2. The number of aromatic nitrogens is 4. The molecule has 0 spiro atoms. The van der Waals surface area contributed by atoms with E-state index in [1.165, 1.54) is 6.42 Å². The summed E-state index contributed by atoms with van der Waals surface area (Å²) in [7, 11) is 0. The number of likely N-dealkylation sites (tertiary alicyclic amines) is 1. The molecule has 0 bridgehead atoms. The van der Waals surface area contributed by atoms with E-state index in [1.807, 2.05) is 64.2 Å². The molecular weight excluding hydrogens is 440 g/mol. The van der Waals surface area contributed by atoms with Crippen molar-refractivity contribution in [2.45, 2.75) is 32.1 Å². The Morgan fingerprint density at radius 3 is 2.57 bits per heavy atom. The van der Waals surface area contributed by atoms with Crippen LogP contribution < -0.4 is 5.32 Å². The van der Waals surface area contributed by atoms with Crippen LogP contribution in [0.1, 0.15) is 41.7 Å². The number of hydrogen-bond donors (Lipinski definition) is 2. The van der Waals surface area contributed by atoms with Crippen molar-refractivity contribution in [2.24, 2.45) is 0 Å². The third kappa shape index (κ3) is 5.32. The lowest BCUT2D eigenvalue weighted by Gasteiger charge is -2.26. The monoisotopic (exact) mass is 468 g/mol. The summed E-state index contributed by atoms with van der Waals surface area (Å²) in [5.41, 5.74) is 3.98. The Bertz CT molecular complexity index is 1290. The molecule has 0 saturated carbocycles. The highest BCUT2D eigenvalue weighted by atomic mass is 16.2. The lowest BCUT2D eigenvalue weighted by molar-refractivity contribution is -0.132. The molecule has 8 nitrogen and oxygen atoms in total. The number of aryl methyl sites for hydroxylation is 1. The van der Waals surface area contributed by atoms with Gasteiger partial charge in [0.05, 0.1) is 11.9 Å². The Morgan fingerprint density at radius 1 is 0.971 bits per heavy atom. The Morgan fingerprint density at radius 2 is 1.80 bits per heavy atom. The van der Waals surface area contributed by atoms with Crippen LogP contribution in [0.25, 0.3) is 16.8 Å². The van der Waals surface area contributed by atoms with Crippen molar-refractivity contribution in [1.29, 1.82) is 0 Å². The molecule has 8 heteroatoms. The number of piperidine rings is 1. The van der Waals surface area contributed by atoms with Crippen molar-refractivity contribution in [3.8, 4) is 16.8 Å². The maximum Gasteiger partial charge on any atom is 0.258 e. The fourth-order valence-corrected chi connectivity index (χ4v) is 4.38. The predicted octanol–water partition coefficient (Wildman–Crippen LogP) is 4.46. The standard InChI is InChI=1S/C27H28N6O2/c34-25(32-14-5-2-6-15-32)13-12-23-19-33(24-10-3-1-4-11-24)27(30-23)31-26(35)21-9-7-8-20(16-21)22-17-28-29-18-22/h1,3-4,7-11,16-19H,2,5-6,12-15H2,(H,28,29)(H,30,31,35). The van der Waals surface area contributed by atoms with Gasteiger partial charge in [-0.05, 0) is 49.1 Å². The van der Waals surface area contributed by atoms with Gasteiger partial charge in [0.15, 0.2) is 0 Å². The molecule has 4 aromatic rings. The highest BCUT2D eigenvalue weighted by Crippen LogP contribution is 2.22. The summed E-state index contributed by atoms with van der Waals surface area (Å²) in [5, 5.41) is 9.74. The van der Waals surface area contributed by atoms with Crippen molar-refractivity contribution >= 4 is 17.8 Å². The van der Waals surface area contributed by atoms with E-state index in [-0.39, 0.29) is 11.8 Å². The van der Waals surface area contributed by atoms with Crippen LogP contribution in [0.3, 0.4) is 0 Å². The van der Waals surface area contributed by atoms with E-state index < -0.39 is 0 Å². The molecule has 1 aliphatic rings. The summed E-state index contributed by atoms with van der Waals surface area (Å²) in [6.07, 6.45) is 9.68. The number of nitrogens with zero attached hydrogens (tertiary/aromatic N) is 4. The fraction of sp³-hybridized carbons (Fsp3) is 0.259. The Hall–Kier alpha value is -4.20. The molecule has 0 aliphatic carbocycles. The minimum Gasteiger partial charge on any atom is -0.343 e. The van der Waals surface area contributed by atoms with Crippen LogP contribution in [0.15, 0.2) is 73.2 Å². The molecular formula is C27H28N6O2. The minimum absolute atomic E-state index is 0.167. The van der Waals surface area contributed by atoms with E-state index >= 15 is 0 Å². The number of benzene rings is 2. The predicted molar refractivity (Wildman–Crippen MR) is 134 cm³/mol. The number of anilines is 1. The number of rotatable bonds is 7. The largest absolute Gasteiger partial charge is 0.343 e. The SMILES string of the molecule is O=C(Nc1nc(CCC(=O)N2CCCCC2)cn1-c1ccccc1)c1cccc(-c2cn[nH]c2)c1. The number of imidazole rings is 1. The van der Waals surface area contributed by atoms with Crippen LogP contribution in [-0.4, -0.2) is 49.6 Å². The number of carbonyl (C=O) groups is 2. The third-order valence-corrected chi connectivity index (χ3v) is 6.28. The lowest BCUT2D eigenvalue weighted by atomic mass is 10.1. The van der Waals surface area contributed by atoms with Crippen molar-refractivity contribution in [3.05, 3.63) is 84.4 Å². The second-order valence-corrected chi connectivity index (χ2v) is 8.72. The second kappa shape index (κ2) is 10.4. The molecule has 0 unspecified atom stereocenters. The van der Waals surface area contributed by atoms with E-state index in [2.05, 4.69) is 20.5 Å².